The normalized spacial score (nSPS) is 10.3. The van der Waals surface area contributed by atoms with Crippen molar-refractivity contribution in [3.05, 3.63) is 62.1 Å². The van der Waals surface area contributed by atoms with E-state index >= 15 is 0 Å². The lowest BCUT2D eigenvalue weighted by Crippen LogP contribution is -2.03. The molecule has 0 spiro atoms. The lowest BCUT2D eigenvalue weighted by atomic mass is 10.1. The Morgan fingerprint density at radius 2 is 2.05 bits per heavy atom. The molecule has 0 aliphatic carbocycles. The number of nitrogens with one attached hydrogen (secondary N) is 1. The summed E-state index contributed by atoms with van der Waals surface area (Å²) in [6, 6.07) is 9.95. The van der Waals surface area contributed by atoms with Crippen LogP contribution in [-0.2, 0) is 6.54 Å². The Morgan fingerprint density at radius 3 is 2.70 bits per heavy atom. The van der Waals surface area contributed by atoms with Gasteiger partial charge in [-0.2, -0.15) is 0 Å². The van der Waals surface area contributed by atoms with E-state index in [1.807, 2.05) is 0 Å². The SMILES string of the molecule is Cc1cc(NCc2cc(Br)ccc2[N+](=O)[O-])ccc1O. The minimum absolute atomic E-state index is 0.0798. The Labute approximate surface area is 124 Å². The van der Waals surface area contributed by atoms with Crippen LogP contribution in [0.5, 0.6) is 5.75 Å². The highest BCUT2D eigenvalue weighted by Gasteiger charge is 2.13. The zero-order chi connectivity index (χ0) is 14.7. The van der Waals surface area contributed by atoms with Crippen molar-refractivity contribution in [1.82, 2.24) is 0 Å². The van der Waals surface area contributed by atoms with Gasteiger partial charge >= 0.3 is 0 Å². The number of nitro benzene ring substituents is 1. The van der Waals surface area contributed by atoms with Crippen molar-refractivity contribution in [3.63, 3.8) is 0 Å². The molecule has 0 aliphatic heterocycles. The zero-order valence-corrected chi connectivity index (χ0v) is 12.3. The van der Waals surface area contributed by atoms with Gasteiger partial charge in [0.1, 0.15) is 5.75 Å². The highest BCUT2D eigenvalue weighted by Crippen LogP contribution is 2.25. The monoisotopic (exact) mass is 336 g/mol. The molecule has 2 N–H and O–H groups in total. The van der Waals surface area contributed by atoms with Gasteiger partial charge in [0.25, 0.3) is 5.69 Å². The number of halogens is 1. The van der Waals surface area contributed by atoms with Crippen molar-refractivity contribution in [1.29, 1.82) is 0 Å². The number of rotatable bonds is 4. The molecule has 104 valence electrons. The van der Waals surface area contributed by atoms with Crippen LogP contribution in [0.25, 0.3) is 0 Å². The molecule has 6 heteroatoms. The minimum atomic E-state index is -0.397. The number of phenols is 1. The summed E-state index contributed by atoms with van der Waals surface area (Å²) in [5.41, 5.74) is 2.22. The highest BCUT2D eigenvalue weighted by molar-refractivity contribution is 9.10. The predicted molar refractivity (Wildman–Crippen MR) is 81.0 cm³/mol. The fourth-order valence-electron chi connectivity index (χ4n) is 1.84. The third kappa shape index (κ3) is 3.27. The summed E-state index contributed by atoms with van der Waals surface area (Å²) in [6.07, 6.45) is 0. The number of benzene rings is 2. The van der Waals surface area contributed by atoms with Crippen molar-refractivity contribution < 1.29 is 10.0 Å². The smallest absolute Gasteiger partial charge is 0.274 e. The summed E-state index contributed by atoms with van der Waals surface area (Å²) < 4.78 is 0.793. The molecule has 0 bridgehead atoms. The largest absolute Gasteiger partial charge is 0.508 e. The number of hydrogen-bond acceptors (Lipinski definition) is 4. The molecule has 0 heterocycles. The van der Waals surface area contributed by atoms with Gasteiger partial charge in [0, 0.05) is 28.3 Å². The molecule has 0 saturated heterocycles. The third-order valence-corrected chi connectivity index (χ3v) is 3.41. The maximum Gasteiger partial charge on any atom is 0.274 e. The third-order valence-electron chi connectivity index (χ3n) is 2.92. The number of hydrogen-bond donors (Lipinski definition) is 2. The van der Waals surface area contributed by atoms with Gasteiger partial charge in [-0.3, -0.25) is 10.1 Å². The Hall–Kier alpha value is -2.08. The van der Waals surface area contributed by atoms with Crippen molar-refractivity contribution in [2.45, 2.75) is 13.5 Å². The van der Waals surface area contributed by atoms with Crippen LogP contribution in [-0.4, -0.2) is 10.0 Å². The summed E-state index contributed by atoms with van der Waals surface area (Å²) in [6.45, 7) is 2.13. The summed E-state index contributed by atoms with van der Waals surface area (Å²) in [5, 5.41) is 23.5. The lowest BCUT2D eigenvalue weighted by Gasteiger charge is -2.09. The van der Waals surface area contributed by atoms with Crippen molar-refractivity contribution in [2.75, 3.05) is 5.32 Å². The van der Waals surface area contributed by atoms with E-state index in [-0.39, 0.29) is 11.4 Å². The first-order valence-electron chi connectivity index (χ1n) is 5.93. The number of nitro groups is 1. The van der Waals surface area contributed by atoms with E-state index in [0.717, 1.165) is 15.7 Å². The van der Waals surface area contributed by atoms with Crippen LogP contribution in [0.1, 0.15) is 11.1 Å². The molecule has 2 rings (SSSR count). The van der Waals surface area contributed by atoms with Crippen LogP contribution in [0.4, 0.5) is 11.4 Å². The maximum absolute atomic E-state index is 11.0. The fourth-order valence-corrected chi connectivity index (χ4v) is 2.24. The topological polar surface area (TPSA) is 75.4 Å². The average molecular weight is 337 g/mol. The number of aromatic hydroxyl groups is 1. The number of anilines is 1. The second-order valence-electron chi connectivity index (χ2n) is 4.38. The lowest BCUT2D eigenvalue weighted by molar-refractivity contribution is -0.385. The summed E-state index contributed by atoms with van der Waals surface area (Å²) in [4.78, 5) is 10.6. The predicted octanol–water partition coefficient (Wildman–Crippen LogP) is 3.98. The van der Waals surface area contributed by atoms with Crippen molar-refractivity contribution >= 4 is 27.3 Å². The van der Waals surface area contributed by atoms with E-state index in [1.54, 1.807) is 37.3 Å². The molecule has 2 aromatic carbocycles. The molecule has 0 saturated carbocycles. The summed E-state index contributed by atoms with van der Waals surface area (Å²) in [5.74, 6) is 0.226. The van der Waals surface area contributed by atoms with Crippen LogP contribution in [0, 0.1) is 17.0 Å². The van der Waals surface area contributed by atoms with Crippen LogP contribution in [0.3, 0.4) is 0 Å². The zero-order valence-electron chi connectivity index (χ0n) is 10.8. The molecular weight excluding hydrogens is 324 g/mol. The quantitative estimate of drug-likeness (QED) is 0.503. The summed E-state index contributed by atoms with van der Waals surface area (Å²) in [7, 11) is 0. The molecule has 0 aliphatic rings. The molecule has 0 fully saturated rings. The van der Waals surface area contributed by atoms with Gasteiger partial charge in [0.05, 0.1) is 4.92 Å². The van der Waals surface area contributed by atoms with Crippen LogP contribution in [0.15, 0.2) is 40.9 Å². The van der Waals surface area contributed by atoms with Crippen LogP contribution < -0.4 is 5.32 Å². The van der Waals surface area contributed by atoms with E-state index in [1.165, 1.54) is 6.07 Å². The average Bonchev–Trinajstić information content (AvgIpc) is 2.40. The fraction of sp³-hybridized carbons (Fsp3) is 0.143. The first-order chi connectivity index (χ1) is 9.47. The second kappa shape index (κ2) is 5.92. The van der Waals surface area contributed by atoms with Gasteiger partial charge in [-0.05, 0) is 42.8 Å². The van der Waals surface area contributed by atoms with Gasteiger partial charge in [0.2, 0.25) is 0 Å². The van der Waals surface area contributed by atoms with Crippen LogP contribution >= 0.6 is 15.9 Å². The van der Waals surface area contributed by atoms with E-state index in [9.17, 15) is 15.2 Å². The van der Waals surface area contributed by atoms with Gasteiger partial charge < -0.3 is 10.4 Å². The molecule has 0 unspecified atom stereocenters. The first kappa shape index (κ1) is 14.3. The van der Waals surface area contributed by atoms with E-state index in [2.05, 4.69) is 21.2 Å². The Morgan fingerprint density at radius 1 is 1.30 bits per heavy atom. The molecular formula is C14H13BrN2O3. The number of aryl methyl sites for hydroxylation is 1. The van der Waals surface area contributed by atoms with Gasteiger partial charge in [0.15, 0.2) is 0 Å². The van der Waals surface area contributed by atoms with Gasteiger partial charge in [-0.15, -0.1) is 0 Å². The molecule has 0 amide bonds. The number of phenolic OH excluding ortho intramolecular Hbond substituents is 1. The molecule has 20 heavy (non-hydrogen) atoms. The Balaban J connectivity index is 2.20. The second-order valence-corrected chi connectivity index (χ2v) is 5.30. The van der Waals surface area contributed by atoms with Crippen molar-refractivity contribution in [3.8, 4) is 5.75 Å². The molecule has 0 aromatic heterocycles. The van der Waals surface area contributed by atoms with Gasteiger partial charge in [-0.1, -0.05) is 15.9 Å². The van der Waals surface area contributed by atoms with E-state index in [4.69, 9.17) is 0 Å². The number of nitrogens with zero attached hydrogens (tertiary/aromatic N) is 1. The highest BCUT2D eigenvalue weighted by atomic mass is 79.9. The molecule has 0 radical (unpaired) electrons. The Bertz CT molecular complexity index is 659. The first-order valence-corrected chi connectivity index (χ1v) is 6.73. The van der Waals surface area contributed by atoms with Gasteiger partial charge in [-0.25, -0.2) is 0 Å². The Kier molecular flexibility index (Phi) is 4.24. The standard InChI is InChI=1S/C14H13BrN2O3/c1-9-6-12(3-5-14(9)18)16-8-10-7-11(15)2-4-13(10)17(19)20/h2-7,16,18H,8H2,1H3. The molecule has 2 aromatic rings. The molecule has 5 nitrogen and oxygen atoms in total. The van der Waals surface area contributed by atoms with E-state index in [0.29, 0.717) is 12.1 Å². The van der Waals surface area contributed by atoms with E-state index < -0.39 is 4.92 Å². The maximum atomic E-state index is 11.0. The summed E-state index contributed by atoms with van der Waals surface area (Å²) >= 11 is 3.31. The minimum Gasteiger partial charge on any atom is -0.508 e. The molecule has 0 atom stereocenters. The van der Waals surface area contributed by atoms with Crippen LogP contribution in [0.2, 0.25) is 0 Å². The van der Waals surface area contributed by atoms with Crippen molar-refractivity contribution in [2.24, 2.45) is 0 Å².